The Morgan fingerprint density at radius 3 is 2.45 bits per heavy atom. The first-order valence-electron chi connectivity index (χ1n) is 10.1. The van der Waals surface area contributed by atoms with Crippen LogP contribution in [0.15, 0.2) is 48.5 Å². The van der Waals surface area contributed by atoms with Crippen molar-refractivity contribution in [3.05, 3.63) is 59.9 Å². The molecule has 0 radical (unpaired) electrons. The lowest BCUT2D eigenvalue weighted by Crippen LogP contribution is -2.38. The molecular weight excluding hydrogens is 371 g/mol. The lowest BCUT2D eigenvalue weighted by Gasteiger charge is -2.26. The number of hydrogen-bond acceptors (Lipinski definition) is 3. The predicted molar refractivity (Wildman–Crippen MR) is 108 cm³/mol. The molecule has 1 atom stereocenters. The van der Waals surface area contributed by atoms with Gasteiger partial charge >= 0.3 is 0 Å². The van der Waals surface area contributed by atoms with Crippen molar-refractivity contribution in [3.8, 4) is 5.75 Å². The van der Waals surface area contributed by atoms with Crippen LogP contribution in [0.3, 0.4) is 0 Å². The lowest BCUT2D eigenvalue weighted by molar-refractivity contribution is -0.137. The number of anilines is 1. The molecule has 1 saturated carbocycles. The van der Waals surface area contributed by atoms with Crippen molar-refractivity contribution >= 4 is 17.5 Å². The van der Waals surface area contributed by atoms with Gasteiger partial charge in [-0.15, -0.1) is 0 Å². The summed E-state index contributed by atoms with van der Waals surface area (Å²) in [4.78, 5) is 29.3. The summed E-state index contributed by atoms with van der Waals surface area (Å²) >= 11 is 0. The molecule has 4 rings (SSSR count). The van der Waals surface area contributed by atoms with Gasteiger partial charge < -0.3 is 14.5 Å². The molecule has 0 spiro atoms. The van der Waals surface area contributed by atoms with E-state index in [0.717, 1.165) is 29.8 Å². The van der Waals surface area contributed by atoms with Crippen molar-refractivity contribution in [1.82, 2.24) is 4.90 Å². The average molecular weight is 396 g/mol. The van der Waals surface area contributed by atoms with Crippen LogP contribution < -0.4 is 9.64 Å². The zero-order chi connectivity index (χ0) is 20.4. The first-order valence-corrected chi connectivity index (χ1v) is 10.1. The maximum absolute atomic E-state index is 13.2. The third-order valence-corrected chi connectivity index (χ3v) is 5.47. The van der Waals surface area contributed by atoms with Crippen molar-refractivity contribution in [2.24, 2.45) is 5.92 Å². The zero-order valence-corrected chi connectivity index (χ0v) is 16.5. The molecule has 5 nitrogen and oxygen atoms in total. The third kappa shape index (κ3) is 4.42. The largest absolute Gasteiger partial charge is 0.494 e. The van der Waals surface area contributed by atoms with Gasteiger partial charge in [-0.3, -0.25) is 9.59 Å². The van der Waals surface area contributed by atoms with E-state index in [4.69, 9.17) is 4.74 Å². The molecule has 2 fully saturated rings. The summed E-state index contributed by atoms with van der Waals surface area (Å²) in [5.41, 5.74) is 1.68. The number of amides is 2. The van der Waals surface area contributed by atoms with Crippen LogP contribution in [0.4, 0.5) is 10.1 Å². The molecule has 29 heavy (non-hydrogen) atoms. The van der Waals surface area contributed by atoms with Gasteiger partial charge in [0.05, 0.1) is 12.5 Å². The number of halogens is 1. The SMILES string of the molecule is CCOc1ccc(N2CC(C(=O)N(Cc3ccc(F)cc3)C3CC3)CC2=O)cc1. The molecule has 1 aliphatic heterocycles. The molecule has 6 heteroatoms. The van der Waals surface area contributed by atoms with E-state index in [9.17, 15) is 14.0 Å². The quantitative estimate of drug-likeness (QED) is 0.716. The third-order valence-electron chi connectivity index (χ3n) is 5.47. The summed E-state index contributed by atoms with van der Waals surface area (Å²) in [6.45, 7) is 3.35. The molecule has 1 unspecified atom stereocenters. The van der Waals surface area contributed by atoms with Crippen LogP contribution >= 0.6 is 0 Å². The molecule has 2 aliphatic rings. The van der Waals surface area contributed by atoms with Gasteiger partial charge in [0.25, 0.3) is 0 Å². The Hall–Kier alpha value is -2.89. The second-order valence-electron chi connectivity index (χ2n) is 7.66. The number of nitrogens with zero attached hydrogens (tertiary/aromatic N) is 2. The van der Waals surface area contributed by atoms with Crippen molar-refractivity contribution in [3.63, 3.8) is 0 Å². The van der Waals surface area contributed by atoms with Crippen molar-refractivity contribution in [2.75, 3.05) is 18.1 Å². The molecule has 1 saturated heterocycles. The van der Waals surface area contributed by atoms with Gasteiger partial charge in [0.1, 0.15) is 11.6 Å². The van der Waals surface area contributed by atoms with E-state index >= 15 is 0 Å². The van der Waals surface area contributed by atoms with Gasteiger partial charge in [-0.1, -0.05) is 12.1 Å². The predicted octanol–water partition coefficient (Wildman–Crippen LogP) is 3.77. The molecule has 0 bridgehead atoms. The summed E-state index contributed by atoms with van der Waals surface area (Å²) in [6.07, 6.45) is 2.19. The second kappa shape index (κ2) is 8.23. The highest BCUT2D eigenvalue weighted by atomic mass is 19.1. The Morgan fingerprint density at radius 2 is 1.83 bits per heavy atom. The van der Waals surface area contributed by atoms with E-state index in [1.165, 1.54) is 12.1 Å². The van der Waals surface area contributed by atoms with Crippen LogP contribution in [0.1, 0.15) is 31.7 Å². The van der Waals surface area contributed by atoms with Crippen LogP contribution in [-0.2, 0) is 16.1 Å². The molecular formula is C23H25FN2O3. The van der Waals surface area contributed by atoms with Gasteiger partial charge in [-0.05, 0) is 61.7 Å². The van der Waals surface area contributed by atoms with Crippen molar-refractivity contribution in [2.45, 2.75) is 38.8 Å². The number of carbonyl (C=O) groups excluding carboxylic acids is 2. The van der Waals surface area contributed by atoms with Crippen molar-refractivity contribution in [1.29, 1.82) is 0 Å². The standard InChI is InChI=1S/C23H25FN2O3/c1-2-29-21-11-9-19(10-12-21)25-15-17(13-22(25)27)23(28)26(20-7-8-20)14-16-3-5-18(24)6-4-16/h3-6,9-12,17,20H,2,7-8,13-15H2,1H3. The normalized spacial score (nSPS) is 18.8. The first-order chi connectivity index (χ1) is 14.0. The molecule has 1 heterocycles. The van der Waals surface area contributed by atoms with E-state index in [1.54, 1.807) is 17.0 Å². The Balaban J connectivity index is 1.45. The average Bonchev–Trinajstić information content (AvgIpc) is 3.49. The Kier molecular flexibility index (Phi) is 5.51. The van der Waals surface area contributed by atoms with Gasteiger partial charge in [0.2, 0.25) is 11.8 Å². The minimum Gasteiger partial charge on any atom is -0.494 e. The van der Waals surface area contributed by atoms with Crippen LogP contribution in [0.5, 0.6) is 5.75 Å². The summed E-state index contributed by atoms with van der Waals surface area (Å²) in [7, 11) is 0. The molecule has 2 aromatic carbocycles. The lowest BCUT2D eigenvalue weighted by atomic mass is 10.1. The first kappa shape index (κ1) is 19.4. The van der Waals surface area contributed by atoms with Gasteiger partial charge in [-0.25, -0.2) is 4.39 Å². The summed E-state index contributed by atoms with van der Waals surface area (Å²) in [6, 6.07) is 13.9. The molecule has 0 N–H and O–H groups in total. The maximum atomic E-state index is 13.2. The number of benzene rings is 2. The van der Waals surface area contributed by atoms with Gasteiger partial charge in [0, 0.05) is 31.2 Å². The summed E-state index contributed by atoms with van der Waals surface area (Å²) in [5.74, 6) is 0.0962. The Labute approximate surface area is 170 Å². The van der Waals surface area contributed by atoms with E-state index in [1.807, 2.05) is 36.1 Å². The minimum absolute atomic E-state index is 0.0126. The molecule has 2 aromatic rings. The van der Waals surface area contributed by atoms with E-state index in [-0.39, 0.29) is 36.0 Å². The summed E-state index contributed by atoms with van der Waals surface area (Å²) in [5, 5.41) is 0. The van der Waals surface area contributed by atoms with E-state index in [2.05, 4.69) is 0 Å². The molecule has 2 amide bonds. The highest BCUT2D eigenvalue weighted by Gasteiger charge is 2.41. The fourth-order valence-corrected chi connectivity index (χ4v) is 3.81. The summed E-state index contributed by atoms with van der Waals surface area (Å²) < 4.78 is 18.6. The highest BCUT2D eigenvalue weighted by molar-refractivity contribution is 6.00. The number of carbonyl (C=O) groups is 2. The van der Waals surface area contributed by atoms with Gasteiger partial charge in [0.15, 0.2) is 0 Å². The molecule has 152 valence electrons. The monoisotopic (exact) mass is 396 g/mol. The topological polar surface area (TPSA) is 49.9 Å². The molecule has 1 aliphatic carbocycles. The van der Waals surface area contributed by atoms with E-state index < -0.39 is 0 Å². The smallest absolute Gasteiger partial charge is 0.228 e. The van der Waals surface area contributed by atoms with Crippen molar-refractivity contribution < 1.29 is 18.7 Å². The van der Waals surface area contributed by atoms with E-state index in [0.29, 0.717) is 19.7 Å². The van der Waals surface area contributed by atoms with Crippen LogP contribution in [0.25, 0.3) is 0 Å². The fourth-order valence-electron chi connectivity index (χ4n) is 3.81. The number of hydrogen-bond donors (Lipinski definition) is 0. The maximum Gasteiger partial charge on any atom is 0.228 e. The number of rotatable bonds is 7. The second-order valence-corrected chi connectivity index (χ2v) is 7.66. The Bertz CT molecular complexity index is 878. The molecule has 0 aromatic heterocycles. The Morgan fingerprint density at radius 1 is 1.14 bits per heavy atom. The number of ether oxygens (including phenoxy) is 1. The fraction of sp³-hybridized carbons (Fsp3) is 0.391. The van der Waals surface area contributed by atoms with Crippen LogP contribution in [0, 0.1) is 11.7 Å². The minimum atomic E-state index is -0.352. The van der Waals surface area contributed by atoms with Crippen LogP contribution in [-0.4, -0.2) is 35.9 Å². The zero-order valence-electron chi connectivity index (χ0n) is 16.5. The van der Waals surface area contributed by atoms with Gasteiger partial charge in [-0.2, -0.15) is 0 Å². The highest BCUT2D eigenvalue weighted by Crippen LogP contribution is 2.33. The van der Waals surface area contributed by atoms with Crippen LogP contribution in [0.2, 0.25) is 0 Å².